The molecule has 8 heteroatoms. The molecule has 7 nitrogen and oxygen atoms in total. The van der Waals surface area contributed by atoms with Crippen LogP contribution in [0.4, 0.5) is 0 Å². The standard InChI is InChI=1S/C46H57NO6S/c1-42-17-14-33(48)24-44(42)20-21-46(36(25-44)41(50)38-23-32-11-6-7-13-37(32)54-38)39(42)15-18-43(2)40(46)16-19-45(43,51)30-47(27-35-12-8-22-53-35)26-34(49)29-52-28-31-9-4-3-5-10-31/h3-7,9-11,13,20-21,23,25,33-35,39-40,48-49,51H,8,12,14-19,22,24,26-30H2,1-2H3/t33?,34-,35-,39-,40-,42-,43+,44+,45-,46-/m1/s1. The summed E-state index contributed by atoms with van der Waals surface area (Å²) in [5.74, 6) is 0.429. The van der Waals surface area contributed by atoms with E-state index in [1.807, 2.05) is 42.5 Å². The third-order valence-corrected chi connectivity index (χ3v) is 16.6. The fourth-order valence-corrected chi connectivity index (χ4v) is 13.7. The number of Topliss-reactive ketones (excluding diaryl/α,β-unsaturated/α-hetero) is 1. The molecule has 6 aliphatic carbocycles. The molecular weight excluding hydrogens is 695 g/mol. The Hall–Kier alpha value is -2.69. The van der Waals surface area contributed by atoms with Crippen molar-refractivity contribution >= 4 is 27.2 Å². The highest BCUT2D eigenvalue weighted by Crippen LogP contribution is 2.78. The summed E-state index contributed by atoms with van der Waals surface area (Å²) in [7, 11) is 0. The van der Waals surface area contributed by atoms with Gasteiger partial charge in [-0.2, -0.15) is 0 Å². The molecule has 3 N–H and O–H groups in total. The van der Waals surface area contributed by atoms with Gasteiger partial charge in [-0.1, -0.05) is 80.6 Å². The van der Waals surface area contributed by atoms with Crippen LogP contribution in [0.1, 0.15) is 86.9 Å². The highest BCUT2D eigenvalue weighted by atomic mass is 32.1. The van der Waals surface area contributed by atoms with Gasteiger partial charge in [-0.05, 0) is 98.1 Å². The molecule has 7 aliphatic rings. The number of thiophene rings is 1. The lowest BCUT2D eigenvalue weighted by Crippen LogP contribution is -2.67. The van der Waals surface area contributed by atoms with E-state index >= 15 is 4.79 Å². The molecule has 288 valence electrons. The minimum absolute atomic E-state index is 0.0697. The second-order valence-corrected chi connectivity index (χ2v) is 19.4. The molecule has 3 saturated carbocycles. The zero-order chi connectivity index (χ0) is 37.3. The van der Waals surface area contributed by atoms with Gasteiger partial charge in [-0.25, -0.2) is 0 Å². The largest absolute Gasteiger partial charge is 0.393 e. The first-order chi connectivity index (χ1) is 26.0. The molecule has 2 spiro atoms. The molecule has 10 atom stereocenters. The number of allylic oxidation sites excluding steroid dienone is 4. The number of carbonyl (C=O) groups is 1. The smallest absolute Gasteiger partial charge is 0.199 e. The molecule has 1 unspecified atom stereocenters. The summed E-state index contributed by atoms with van der Waals surface area (Å²) in [6, 6.07) is 20.3. The number of carbonyl (C=O) groups excluding carboxylic acids is 1. The van der Waals surface area contributed by atoms with Crippen molar-refractivity contribution in [3.63, 3.8) is 0 Å². The van der Waals surface area contributed by atoms with E-state index < -0.39 is 22.5 Å². The van der Waals surface area contributed by atoms with Crippen LogP contribution in [0, 0.1) is 33.5 Å². The molecule has 0 amide bonds. The monoisotopic (exact) mass is 751 g/mol. The van der Waals surface area contributed by atoms with E-state index in [0.717, 1.165) is 77.7 Å². The molecule has 0 radical (unpaired) electrons. The van der Waals surface area contributed by atoms with Crippen LogP contribution < -0.4 is 0 Å². The first-order valence-electron chi connectivity index (χ1n) is 20.5. The van der Waals surface area contributed by atoms with Crippen molar-refractivity contribution in [2.24, 2.45) is 33.5 Å². The Labute approximate surface area is 324 Å². The van der Waals surface area contributed by atoms with Gasteiger partial charge >= 0.3 is 0 Å². The van der Waals surface area contributed by atoms with E-state index in [1.54, 1.807) is 11.3 Å². The Morgan fingerprint density at radius 1 is 0.981 bits per heavy atom. The van der Waals surface area contributed by atoms with Crippen molar-refractivity contribution in [1.29, 1.82) is 0 Å². The van der Waals surface area contributed by atoms with Crippen LogP contribution in [0.3, 0.4) is 0 Å². The van der Waals surface area contributed by atoms with Crippen LogP contribution in [0.25, 0.3) is 10.1 Å². The van der Waals surface area contributed by atoms with Crippen molar-refractivity contribution in [3.05, 3.63) is 94.9 Å². The van der Waals surface area contributed by atoms with E-state index in [0.29, 0.717) is 39.1 Å². The Bertz CT molecular complexity index is 1900. The summed E-state index contributed by atoms with van der Waals surface area (Å²) in [5.41, 5.74) is -0.455. The number of aliphatic hydroxyl groups is 3. The molecule has 1 aromatic heterocycles. The van der Waals surface area contributed by atoms with Gasteiger partial charge in [0.2, 0.25) is 0 Å². The van der Waals surface area contributed by atoms with Crippen molar-refractivity contribution in [3.8, 4) is 0 Å². The van der Waals surface area contributed by atoms with Gasteiger partial charge in [0, 0.05) is 52.8 Å². The summed E-state index contributed by atoms with van der Waals surface area (Å²) in [6.45, 7) is 7.64. The van der Waals surface area contributed by atoms with Crippen LogP contribution in [-0.2, 0) is 16.1 Å². The van der Waals surface area contributed by atoms with Gasteiger partial charge in [0.25, 0.3) is 0 Å². The third-order valence-electron chi connectivity index (χ3n) is 15.5. The molecule has 10 rings (SSSR count). The lowest BCUT2D eigenvalue weighted by molar-refractivity contribution is -0.177. The summed E-state index contributed by atoms with van der Waals surface area (Å²) in [5, 5.41) is 36.7. The van der Waals surface area contributed by atoms with Crippen LogP contribution in [0.5, 0.6) is 0 Å². The summed E-state index contributed by atoms with van der Waals surface area (Å²) in [6.07, 6.45) is 13.7. The zero-order valence-electron chi connectivity index (χ0n) is 31.9. The number of rotatable bonds is 12. The quantitative estimate of drug-likeness (QED) is 0.129. The maximum Gasteiger partial charge on any atom is 0.199 e. The number of ketones is 1. The molecule has 2 heterocycles. The molecule has 4 fully saturated rings. The second-order valence-electron chi connectivity index (χ2n) is 18.3. The van der Waals surface area contributed by atoms with Crippen molar-refractivity contribution in [2.45, 2.75) is 102 Å². The minimum Gasteiger partial charge on any atom is -0.393 e. The Balaban J connectivity index is 1.04. The van der Waals surface area contributed by atoms with Gasteiger partial charge < -0.3 is 24.8 Å². The number of fused-ring (bicyclic) bond motifs is 2. The number of hydrogen-bond acceptors (Lipinski definition) is 8. The van der Waals surface area contributed by atoms with Crippen LogP contribution in [-0.4, -0.2) is 82.8 Å². The molecule has 1 saturated heterocycles. The maximum atomic E-state index is 15.1. The second kappa shape index (κ2) is 13.8. The first-order valence-corrected chi connectivity index (χ1v) is 21.3. The Morgan fingerprint density at radius 2 is 1.74 bits per heavy atom. The molecule has 2 aromatic carbocycles. The maximum absolute atomic E-state index is 15.1. The lowest BCUT2D eigenvalue weighted by atomic mass is 9.32. The van der Waals surface area contributed by atoms with E-state index in [2.05, 4.69) is 55.2 Å². The number of benzene rings is 2. The van der Waals surface area contributed by atoms with Gasteiger partial charge in [-0.15, -0.1) is 11.3 Å². The number of aliphatic hydroxyl groups excluding tert-OH is 2. The highest BCUT2D eigenvalue weighted by Gasteiger charge is 2.74. The van der Waals surface area contributed by atoms with Crippen molar-refractivity contribution in [1.82, 2.24) is 4.90 Å². The number of hydrogen-bond donors (Lipinski definition) is 3. The third kappa shape index (κ3) is 5.76. The van der Waals surface area contributed by atoms with E-state index in [4.69, 9.17) is 9.47 Å². The Morgan fingerprint density at radius 3 is 2.54 bits per heavy atom. The van der Waals surface area contributed by atoms with Gasteiger partial charge in [-0.3, -0.25) is 9.69 Å². The van der Waals surface area contributed by atoms with Crippen LogP contribution in [0.2, 0.25) is 0 Å². The highest BCUT2D eigenvalue weighted by molar-refractivity contribution is 7.21. The lowest BCUT2D eigenvalue weighted by Gasteiger charge is -2.71. The van der Waals surface area contributed by atoms with Crippen LogP contribution >= 0.6 is 11.3 Å². The molecule has 3 aromatic rings. The molecule has 1 aliphatic heterocycles. The zero-order valence-corrected chi connectivity index (χ0v) is 32.7. The van der Waals surface area contributed by atoms with Crippen molar-refractivity contribution < 1.29 is 29.6 Å². The van der Waals surface area contributed by atoms with Crippen molar-refractivity contribution in [2.75, 3.05) is 32.8 Å². The van der Waals surface area contributed by atoms with E-state index in [-0.39, 0.29) is 47.3 Å². The number of nitrogens with zero attached hydrogens (tertiary/aromatic N) is 1. The minimum atomic E-state index is -1.02. The predicted octanol–water partition coefficient (Wildman–Crippen LogP) is 7.73. The Kier molecular flexibility index (Phi) is 9.40. The molecule has 2 bridgehead atoms. The number of ether oxygens (including phenoxy) is 2. The van der Waals surface area contributed by atoms with E-state index in [9.17, 15) is 15.3 Å². The SMILES string of the molecule is C[C@]12CC[C@H]3[C@]4(C=C[C@@]5(C=C4C(=O)c4cc6ccccc6s4)CC(O)CC[C@]35C)[C@@H]1CC[C@@]2(O)CN(C[C@@H](O)COCc1ccccc1)C[C@H]1CCCO1. The summed E-state index contributed by atoms with van der Waals surface area (Å²) >= 11 is 1.58. The van der Waals surface area contributed by atoms with Crippen LogP contribution in [0.15, 0.2) is 84.5 Å². The topological polar surface area (TPSA) is 99.5 Å². The fraction of sp³-hybridized carbons (Fsp3) is 0.587. The molecular formula is C46H57NO6S. The van der Waals surface area contributed by atoms with Gasteiger partial charge in [0.05, 0.1) is 42.0 Å². The average Bonchev–Trinajstić information content (AvgIpc) is 3.90. The summed E-state index contributed by atoms with van der Waals surface area (Å²) in [4.78, 5) is 18.1. The van der Waals surface area contributed by atoms with Gasteiger partial charge in [0.15, 0.2) is 5.78 Å². The normalized spacial score (nSPS) is 38.7. The predicted molar refractivity (Wildman–Crippen MR) is 212 cm³/mol. The first kappa shape index (κ1) is 36.9. The van der Waals surface area contributed by atoms with E-state index in [1.165, 1.54) is 0 Å². The van der Waals surface area contributed by atoms with Gasteiger partial charge in [0.1, 0.15) is 0 Å². The fourth-order valence-electron chi connectivity index (χ4n) is 12.7. The molecule has 54 heavy (non-hydrogen) atoms. The summed E-state index contributed by atoms with van der Waals surface area (Å²) < 4.78 is 13.2. The average molecular weight is 752 g/mol.